The molecule has 0 aliphatic rings. The highest BCUT2D eigenvalue weighted by Gasteiger charge is 2.33. The third-order valence-electron chi connectivity index (χ3n) is 4.99. The highest BCUT2D eigenvalue weighted by atomic mass is 31.2. The van der Waals surface area contributed by atoms with Gasteiger partial charge in [-0.25, -0.2) is 25.1 Å². The number of ether oxygens (including phenoxy) is 3. The molecule has 2 rings (SSSR count). The first-order valence-corrected chi connectivity index (χ1v) is 14.4. The standard InChI is InChI=1S/C24H42N7O6P/c1-16(21(32)36-11-23(3,4)5)29-38(34,30-17(2)22(33)37-12-24(6,7)8)15-35-10-9-31-14-28-18-19(25)26-13-27-20(18)31/h13-14,16-17H,9-12,15H2,1-8H3,(H2,25,26,27)(H2,29,30,34)/t16-,17-/m0/s1. The fourth-order valence-electron chi connectivity index (χ4n) is 3.09. The van der Waals surface area contributed by atoms with Gasteiger partial charge in [-0.05, 0) is 24.7 Å². The van der Waals surface area contributed by atoms with Crippen LogP contribution in [0, 0.1) is 10.8 Å². The Hall–Kier alpha value is -2.60. The second-order valence-electron chi connectivity index (χ2n) is 11.7. The second-order valence-corrected chi connectivity index (χ2v) is 13.9. The molecule has 0 unspecified atom stereocenters. The number of hydrogen-bond acceptors (Lipinski definition) is 10. The smallest absolute Gasteiger partial charge is 0.323 e. The molecule has 0 radical (unpaired) electrons. The van der Waals surface area contributed by atoms with Gasteiger partial charge in [0.2, 0.25) is 7.44 Å². The van der Waals surface area contributed by atoms with Crippen LogP contribution in [0.1, 0.15) is 55.4 Å². The maximum Gasteiger partial charge on any atom is 0.323 e. The summed E-state index contributed by atoms with van der Waals surface area (Å²) >= 11 is 0. The average Bonchev–Trinajstić information content (AvgIpc) is 3.22. The Labute approximate surface area is 224 Å². The number of nitrogens with zero attached hydrogens (tertiary/aromatic N) is 4. The van der Waals surface area contributed by atoms with Crippen molar-refractivity contribution in [3.05, 3.63) is 12.7 Å². The number of rotatable bonds is 13. The second kappa shape index (κ2) is 13.0. The molecule has 4 N–H and O–H groups in total. The first kappa shape index (κ1) is 31.6. The summed E-state index contributed by atoms with van der Waals surface area (Å²) in [4.78, 5) is 37.4. The zero-order valence-electron chi connectivity index (χ0n) is 23.6. The van der Waals surface area contributed by atoms with E-state index in [1.165, 1.54) is 6.33 Å². The molecule has 2 aromatic rings. The number of nitrogens with two attached hydrogens (primary N) is 1. The molecule has 13 nitrogen and oxygen atoms in total. The van der Waals surface area contributed by atoms with Gasteiger partial charge in [0.1, 0.15) is 30.3 Å². The lowest BCUT2D eigenvalue weighted by Crippen LogP contribution is -2.43. The van der Waals surface area contributed by atoms with E-state index in [1.807, 2.05) is 41.5 Å². The zero-order chi connectivity index (χ0) is 28.7. The molecule has 0 aliphatic heterocycles. The van der Waals surface area contributed by atoms with Crippen molar-refractivity contribution >= 4 is 36.4 Å². The van der Waals surface area contributed by atoms with Gasteiger partial charge >= 0.3 is 11.9 Å². The maximum atomic E-state index is 13.8. The number of carbonyl (C=O) groups excluding carboxylic acids is 2. The van der Waals surface area contributed by atoms with Crippen molar-refractivity contribution in [1.29, 1.82) is 0 Å². The zero-order valence-corrected chi connectivity index (χ0v) is 24.5. The molecule has 0 saturated heterocycles. The molecule has 14 heteroatoms. The van der Waals surface area contributed by atoms with Gasteiger partial charge in [0, 0.05) is 6.54 Å². The number of fused-ring (bicyclic) bond motifs is 1. The van der Waals surface area contributed by atoms with Gasteiger partial charge in [0.15, 0.2) is 11.5 Å². The number of hydrogen-bond donors (Lipinski definition) is 3. The fraction of sp³-hybridized carbons (Fsp3) is 0.708. The number of esters is 2. The number of carbonyl (C=O) groups is 2. The van der Waals surface area contributed by atoms with E-state index in [2.05, 4.69) is 25.1 Å². The van der Waals surface area contributed by atoms with Crippen LogP contribution in [0.15, 0.2) is 12.7 Å². The monoisotopic (exact) mass is 555 g/mol. The number of anilines is 1. The van der Waals surface area contributed by atoms with Crippen molar-refractivity contribution in [2.45, 2.75) is 74.0 Å². The number of aromatic nitrogens is 4. The predicted molar refractivity (Wildman–Crippen MR) is 144 cm³/mol. The molecule has 0 fully saturated rings. The van der Waals surface area contributed by atoms with Crippen LogP contribution in [0.3, 0.4) is 0 Å². The molecule has 0 amide bonds. The largest absolute Gasteiger partial charge is 0.464 e. The Balaban J connectivity index is 2.06. The lowest BCUT2D eigenvalue weighted by Gasteiger charge is -2.27. The molecule has 214 valence electrons. The Morgan fingerprint density at radius 3 is 2.00 bits per heavy atom. The quantitative estimate of drug-likeness (QED) is 0.188. The molecule has 0 bridgehead atoms. The third kappa shape index (κ3) is 10.3. The van der Waals surface area contributed by atoms with Crippen molar-refractivity contribution in [1.82, 2.24) is 29.7 Å². The van der Waals surface area contributed by atoms with E-state index in [0.29, 0.717) is 17.7 Å². The van der Waals surface area contributed by atoms with Gasteiger partial charge in [-0.3, -0.25) is 14.2 Å². The molecular formula is C24H42N7O6P. The van der Waals surface area contributed by atoms with Gasteiger partial charge in [-0.1, -0.05) is 41.5 Å². The third-order valence-corrected chi connectivity index (χ3v) is 7.14. The van der Waals surface area contributed by atoms with Crippen molar-refractivity contribution < 1.29 is 28.4 Å². The van der Waals surface area contributed by atoms with Crippen LogP contribution in [-0.4, -0.2) is 69.7 Å². The Kier molecular flexibility index (Phi) is 10.8. The van der Waals surface area contributed by atoms with Crippen LogP contribution >= 0.6 is 7.44 Å². The molecule has 38 heavy (non-hydrogen) atoms. The van der Waals surface area contributed by atoms with E-state index < -0.39 is 31.5 Å². The molecule has 2 aromatic heterocycles. The van der Waals surface area contributed by atoms with Crippen LogP contribution < -0.4 is 15.9 Å². The molecule has 2 atom stereocenters. The fourth-order valence-corrected chi connectivity index (χ4v) is 5.16. The molecule has 0 spiro atoms. The molecule has 2 heterocycles. The molecule has 0 aromatic carbocycles. The van der Waals surface area contributed by atoms with Gasteiger partial charge in [0.05, 0.1) is 26.1 Å². The van der Waals surface area contributed by atoms with Crippen LogP contribution in [0.2, 0.25) is 0 Å². The highest BCUT2D eigenvalue weighted by molar-refractivity contribution is 7.59. The Morgan fingerprint density at radius 1 is 0.974 bits per heavy atom. The van der Waals surface area contributed by atoms with Crippen LogP contribution in [-0.2, 0) is 34.9 Å². The number of nitrogen functional groups attached to an aromatic ring is 1. The predicted octanol–water partition coefficient (Wildman–Crippen LogP) is 2.71. The van der Waals surface area contributed by atoms with Crippen LogP contribution in [0.4, 0.5) is 5.82 Å². The van der Waals surface area contributed by atoms with Gasteiger partial charge in [0.25, 0.3) is 0 Å². The average molecular weight is 556 g/mol. The number of imidazole rings is 1. The minimum atomic E-state index is -3.62. The van der Waals surface area contributed by atoms with Gasteiger partial charge < -0.3 is 24.5 Å². The molecule has 0 saturated carbocycles. The lowest BCUT2D eigenvalue weighted by molar-refractivity contribution is -0.148. The van der Waals surface area contributed by atoms with Crippen LogP contribution in [0.5, 0.6) is 0 Å². The summed E-state index contributed by atoms with van der Waals surface area (Å²) < 4.78 is 32.0. The topological polar surface area (TPSA) is 173 Å². The first-order chi connectivity index (χ1) is 17.5. The van der Waals surface area contributed by atoms with E-state index >= 15 is 0 Å². The molecular weight excluding hydrogens is 513 g/mol. The van der Waals surface area contributed by atoms with E-state index in [9.17, 15) is 14.2 Å². The number of nitrogens with one attached hydrogen (secondary N) is 2. The molecule has 0 aliphatic carbocycles. The maximum absolute atomic E-state index is 13.8. The van der Waals surface area contributed by atoms with Crippen LogP contribution in [0.25, 0.3) is 11.2 Å². The Bertz CT molecular complexity index is 1100. The van der Waals surface area contributed by atoms with E-state index in [0.717, 1.165) is 0 Å². The summed E-state index contributed by atoms with van der Waals surface area (Å²) in [6, 6.07) is -1.84. The van der Waals surface area contributed by atoms with E-state index in [4.69, 9.17) is 19.9 Å². The van der Waals surface area contributed by atoms with Gasteiger partial charge in [-0.15, -0.1) is 0 Å². The summed E-state index contributed by atoms with van der Waals surface area (Å²) in [7, 11) is -3.62. The van der Waals surface area contributed by atoms with Crippen molar-refractivity contribution in [3.8, 4) is 0 Å². The van der Waals surface area contributed by atoms with E-state index in [-0.39, 0.29) is 42.8 Å². The van der Waals surface area contributed by atoms with E-state index in [1.54, 1.807) is 24.7 Å². The van der Waals surface area contributed by atoms with Crippen molar-refractivity contribution in [2.24, 2.45) is 10.8 Å². The lowest BCUT2D eigenvalue weighted by atomic mass is 9.99. The Morgan fingerprint density at radius 2 is 1.50 bits per heavy atom. The van der Waals surface area contributed by atoms with Crippen molar-refractivity contribution in [3.63, 3.8) is 0 Å². The minimum Gasteiger partial charge on any atom is -0.464 e. The SMILES string of the molecule is C[C@H](NP(=O)(COCCn1cnc2c(N)ncnc21)N[C@@H](C)C(=O)OCC(C)(C)C)C(=O)OCC(C)(C)C. The van der Waals surface area contributed by atoms with Gasteiger partial charge in [-0.2, -0.15) is 0 Å². The summed E-state index contributed by atoms with van der Waals surface area (Å²) in [6.07, 6.45) is 2.61. The first-order valence-electron chi connectivity index (χ1n) is 12.5. The normalized spacial score (nSPS) is 14.3. The summed E-state index contributed by atoms with van der Waals surface area (Å²) in [5.74, 6) is -0.855. The summed E-state index contributed by atoms with van der Waals surface area (Å²) in [5.41, 5.74) is 6.41. The summed E-state index contributed by atoms with van der Waals surface area (Å²) in [6.45, 7) is 15.6. The highest BCUT2D eigenvalue weighted by Crippen LogP contribution is 2.38. The van der Waals surface area contributed by atoms with Crippen molar-refractivity contribution in [2.75, 3.05) is 31.9 Å². The minimum absolute atomic E-state index is 0.147. The summed E-state index contributed by atoms with van der Waals surface area (Å²) in [5, 5.41) is 5.60.